The fourth-order valence-electron chi connectivity index (χ4n) is 1.63. The van der Waals surface area contributed by atoms with Crippen LogP contribution in [0.1, 0.15) is 19.7 Å². The Morgan fingerprint density at radius 3 is 2.75 bits per heavy atom. The van der Waals surface area contributed by atoms with Crippen LogP contribution < -0.4 is 5.73 Å². The number of H-pyrrole nitrogens is 1. The normalized spacial score (nSPS) is 12.8. The lowest BCUT2D eigenvalue weighted by Crippen LogP contribution is -2.39. The molecule has 1 rings (SSSR count). The molecule has 1 heterocycles. The number of rotatable bonds is 5. The van der Waals surface area contributed by atoms with Gasteiger partial charge < -0.3 is 15.6 Å². The quantitative estimate of drug-likeness (QED) is 0.769. The maximum Gasteiger partial charge on any atom is 0.227 e. The molecule has 5 nitrogen and oxygen atoms in total. The molecule has 0 saturated carbocycles. The van der Waals surface area contributed by atoms with Crippen LogP contribution in [0, 0.1) is 11.8 Å². The summed E-state index contributed by atoms with van der Waals surface area (Å²) >= 11 is 0. The van der Waals surface area contributed by atoms with Gasteiger partial charge in [0.05, 0.1) is 12.5 Å². The van der Waals surface area contributed by atoms with Crippen molar-refractivity contribution in [2.24, 2.45) is 17.6 Å². The van der Waals surface area contributed by atoms with Gasteiger partial charge in [0, 0.05) is 26.0 Å². The van der Waals surface area contributed by atoms with Crippen LogP contribution in [0.15, 0.2) is 12.4 Å². The highest BCUT2D eigenvalue weighted by Crippen LogP contribution is 2.13. The van der Waals surface area contributed by atoms with E-state index in [1.807, 2.05) is 13.8 Å². The van der Waals surface area contributed by atoms with Gasteiger partial charge in [-0.05, 0) is 5.92 Å². The number of hydrogen-bond donors (Lipinski definition) is 2. The minimum absolute atomic E-state index is 0.0777. The molecule has 90 valence electrons. The summed E-state index contributed by atoms with van der Waals surface area (Å²) in [6, 6.07) is 0. The predicted molar refractivity (Wildman–Crippen MR) is 62.4 cm³/mol. The second kappa shape index (κ2) is 5.65. The second-order valence-electron chi connectivity index (χ2n) is 4.32. The number of aromatic amines is 1. The van der Waals surface area contributed by atoms with Crippen molar-refractivity contribution in [3.8, 4) is 0 Å². The summed E-state index contributed by atoms with van der Waals surface area (Å²) in [5.74, 6) is 1.01. The molecule has 1 amide bonds. The van der Waals surface area contributed by atoms with Crippen molar-refractivity contribution < 1.29 is 4.79 Å². The van der Waals surface area contributed by atoms with Crippen molar-refractivity contribution >= 4 is 5.91 Å². The van der Waals surface area contributed by atoms with Crippen molar-refractivity contribution in [2.75, 3.05) is 13.6 Å². The summed E-state index contributed by atoms with van der Waals surface area (Å²) in [5.41, 5.74) is 5.61. The maximum absolute atomic E-state index is 12.0. The van der Waals surface area contributed by atoms with E-state index in [9.17, 15) is 4.79 Å². The van der Waals surface area contributed by atoms with E-state index in [0.29, 0.717) is 13.1 Å². The molecule has 1 unspecified atom stereocenters. The fourth-order valence-corrected chi connectivity index (χ4v) is 1.63. The van der Waals surface area contributed by atoms with E-state index in [2.05, 4.69) is 9.97 Å². The molecule has 0 radical (unpaired) electrons. The highest BCUT2D eigenvalue weighted by molar-refractivity contribution is 5.79. The average molecular weight is 224 g/mol. The summed E-state index contributed by atoms with van der Waals surface area (Å²) < 4.78 is 0. The van der Waals surface area contributed by atoms with Crippen LogP contribution in [0.5, 0.6) is 0 Å². The van der Waals surface area contributed by atoms with Crippen LogP contribution in [-0.4, -0.2) is 34.4 Å². The Kier molecular flexibility index (Phi) is 4.49. The highest BCUT2D eigenvalue weighted by atomic mass is 16.2. The van der Waals surface area contributed by atoms with E-state index < -0.39 is 0 Å². The van der Waals surface area contributed by atoms with Crippen molar-refractivity contribution in [3.05, 3.63) is 18.2 Å². The van der Waals surface area contributed by atoms with E-state index in [-0.39, 0.29) is 17.7 Å². The first kappa shape index (κ1) is 12.7. The summed E-state index contributed by atoms with van der Waals surface area (Å²) in [5, 5.41) is 0. The first-order chi connectivity index (χ1) is 7.56. The Morgan fingerprint density at radius 2 is 2.31 bits per heavy atom. The Balaban J connectivity index is 2.59. The molecule has 0 fully saturated rings. The van der Waals surface area contributed by atoms with Crippen LogP contribution in [0.3, 0.4) is 0 Å². The van der Waals surface area contributed by atoms with E-state index in [0.717, 1.165) is 5.82 Å². The number of nitrogens with zero attached hydrogens (tertiary/aromatic N) is 2. The number of carbonyl (C=O) groups is 1. The number of nitrogens with one attached hydrogen (secondary N) is 1. The van der Waals surface area contributed by atoms with Crippen LogP contribution in [-0.2, 0) is 11.3 Å². The molecule has 0 aliphatic carbocycles. The monoisotopic (exact) mass is 224 g/mol. The Bertz CT molecular complexity index is 321. The van der Waals surface area contributed by atoms with E-state index in [1.165, 1.54) is 0 Å². The first-order valence-electron chi connectivity index (χ1n) is 5.49. The molecule has 0 spiro atoms. The first-order valence-corrected chi connectivity index (χ1v) is 5.49. The minimum atomic E-state index is -0.111. The van der Waals surface area contributed by atoms with E-state index >= 15 is 0 Å². The van der Waals surface area contributed by atoms with Gasteiger partial charge in [0.15, 0.2) is 0 Å². The molecule has 3 N–H and O–H groups in total. The summed E-state index contributed by atoms with van der Waals surface area (Å²) in [7, 11) is 1.77. The van der Waals surface area contributed by atoms with Crippen LogP contribution in [0.25, 0.3) is 0 Å². The maximum atomic E-state index is 12.0. The number of carbonyl (C=O) groups excluding carboxylic acids is 1. The molecular weight excluding hydrogens is 204 g/mol. The molecule has 0 aromatic carbocycles. The summed E-state index contributed by atoms with van der Waals surface area (Å²) in [4.78, 5) is 20.8. The average Bonchev–Trinajstić information content (AvgIpc) is 2.70. The lowest BCUT2D eigenvalue weighted by molar-refractivity contribution is -0.135. The van der Waals surface area contributed by atoms with Gasteiger partial charge in [-0.2, -0.15) is 0 Å². The van der Waals surface area contributed by atoms with Crippen LogP contribution in [0.4, 0.5) is 0 Å². The van der Waals surface area contributed by atoms with Gasteiger partial charge in [0.1, 0.15) is 5.82 Å². The lowest BCUT2D eigenvalue weighted by atomic mass is 9.94. The molecular formula is C11H20N4O. The van der Waals surface area contributed by atoms with Gasteiger partial charge in [0.2, 0.25) is 5.91 Å². The second-order valence-corrected chi connectivity index (χ2v) is 4.32. The van der Waals surface area contributed by atoms with Gasteiger partial charge >= 0.3 is 0 Å². The number of imidazole rings is 1. The highest BCUT2D eigenvalue weighted by Gasteiger charge is 2.23. The third kappa shape index (κ3) is 3.06. The molecule has 1 atom stereocenters. The molecule has 0 saturated heterocycles. The smallest absolute Gasteiger partial charge is 0.227 e. The zero-order valence-electron chi connectivity index (χ0n) is 10.1. The Morgan fingerprint density at radius 1 is 1.62 bits per heavy atom. The standard InChI is InChI=1S/C11H20N4O/c1-8(2)9(6-12)11(16)15(3)7-10-13-4-5-14-10/h4-5,8-9H,6-7,12H2,1-3H3,(H,13,14). The van der Waals surface area contributed by atoms with Crippen molar-refractivity contribution in [3.63, 3.8) is 0 Å². The topological polar surface area (TPSA) is 75.0 Å². The third-order valence-corrected chi connectivity index (χ3v) is 2.69. The zero-order chi connectivity index (χ0) is 12.1. The molecule has 1 aromatic rings. The molecule has 16 heavy (non-hydrogen) atoms. The SMILES string of the molecule is CC(C)C(CN)C(=O)N(C)Cc1ncc[nH]1. The van der Waals surface area contributed by atoms with Gasteiger partial charge in [-0.15, -0.1) is 0 Å². The number of aromatic nitrogens is 2. The van der Waals surface area contributed by atoms with Gasteiger partial charge in [0.25, 0.3) is 0 Å². The van der Waals surface area contributed by atoms with E-state index in [4.69, 9.17) is 5.73 Å². The third-order valence-electron chi connectivity index (χ3n) is 2.69. The number of nitrogens with two attached hydrogens (primary N) is 1. The fraction of sp³-hybridized carbons (Fsp3) is 0.636. The lowest BCUT2D eigenvalue weighted by Gasteiger charge is -2.24. The predicted octanol–water partition coefficient (Wildman–Crippen LogP) is 0.599. The summed E-state index contributed by atoms with van der Waals surface area (Å²) in [6.45, 7) is 4.90. The molecule has 0 aliphatic rings. The van der Waals surface area contributed by atoms with Crippen LogP contribution >= 0.6 is 0 Å². The molecule has 1 aromatic heterocycles. The van der Waals surface area contributed by atoms with Gasteiger partial charge in [-0.3, -0.25) is 4.79 Å². The van der Waals surface area contributed by atoms with Gasteiger partial charge in [-0.25, -0.2) is 4.98 Å². The number of amides is 1. The molecule has 5 heteroatoms. The van der Waals surface area contributed by atoms with E-state index in [1.54, 1.807) is 24.3 Å². The Hall–Kier alpha value is -1.36. The summed E-state index contributed by atoms with van der Waals surface area (Å²) in [6.07, 6.45) is 3.42. The zero-order valence-corrected chi connectivity index (χ0v) is 10.1. The molecule has 0 aliphatic heterocycles. The Labute approximate surface area is 96.0 Å². The molecule has 0 bridgehead atoms. The van der Waals surface area contributed by atoms with Crippen molar-refractivity contribution in [1.82, 2.24) is 14.9 Å². The van der Waals surface area contributed by atoms with Crippen molar-refractivity contribution in [2.45, 2.75) is 20.4 Å². The number of hydrogen-bond acceptors (Lipinski definition) is 3. The largest absolute Gasteiger partial charge is 0.347 e. The van der Waals surface area contributed by atoms with Gasteiger partial charge in [-0.1, -0.05) is 13.8 Å². The van der Waals surface area contributed by atoms with Crippen LogP contribution in [0.2, 0.25) is 0 Å². The minimum Gasteiger partial charge on any atom is -0.347 e. The van der Waals surface area contributed by atoms with Crippen molar-refractivity contribution in [1.29, 1.82) is 0 Å².